The number of nitrogens with zero attached hydrogens (tertiary/aromatic N) is 5. The maximum Gasteiger partial charge on any atom is 0.303 e. The lowest BCUT2D eigenvalue weighted by Crippen LogP contribution is -2.47. The fourth-order valence-electron chi connectivity index (χ4n) is 4.46. The van der Waals surface area contributed by atoms with Crippen LogP contribution in [-0.2, 0) is 4.79 Å². The molecule has 2 aliphatic rings. The second-order valence-corrected chi connectivity index (χ2v) is 8.50. The smallest absolute Gasteiger partial charge is 0.303 e. The van der Waals surface area contributed by atoms with E-state index in [-0.39, 0.29) is 18.3 Å². The van der Waals surface area contributed by atoms with Crippen LogP contribution in [0.15, 0.2) is 36.7 Å². The van der Waals surface area contributed by atoms with E-state index in [1.165, 1.54) is 6.07 Å². The molecule has 1 aromatic carbocycles. The van der Waals surface area contributed by atoms with E-state index in [1.54, 1.807) is 18.5 Å². The van der Waals surface area contributed by atoms with E-state index in [0.29, 0.717) is 6.42 Å². The molecule has 2 saturated heterocycles. The molecule has 1 atom stereocenters. The van der Waals surface area contributed by atoms with Gasteiger partial charge < -0.3 is 20.2 Å². The third kappa shape index (κ3) is 6.06. The number of benzene rings is 1. The molecule has 0 saturated carbocycles. The highest BCUT2D eigenvalue weighted by atomic mass is 19.1. The number of aliphatic carboxylic acids is 1. The van der Waals surface area contributed by atoms with Gasteiger partial charge in [-0.05, 0) is 44.0 Å². The summed E-state index contributed by atoms with van der Waals surface area (Å²) in [5, 5.41) is 12.3. The standard InChI is InChI=1S/C23H31FN6O2/c24-18-4-1-6-20(14-18)30-9-2-5-19(16-30)27-21-15-22(26-17-25-21)29-12-10-28(11-13-29)8-3-7-23(31)32/h1,4,6,14-15,17,19H,2-3,5,7-13,16H2,(H,31,32)(H,25,26,27)/t19-/m1/s1. The van der Waals surface area contributed by atoms with Gasteiger partial charge in [0.1, 0.15) is 23.8 Å². The van der Waals surface area contributed by atoms with E-state index in [2.05, 4.69) is 30.0 Å². The number of nitrogens with one attached hydrogen (secondary N) is 1. The van der Waals surface area contributed by atoms with Gasteiger partial charge in [0.15, 0.2) is 0 Å². The number of hydrogen-bond donors (Lipinski definition) is 2. The normalized spacial score (nSPS) is 19.7. The SMILES string of the molecule is O=C(O)CCCN1CCN(c2cc(N[C@@H]3CCCN(c4cccc(F)c4)C3)ncn2)CC1. The summed E-state index contributed by atoms with van der Waals surface area (Å²) >= 11 is 0. The Morgan fingerprint density at radius 3 is 2.75 bits per heavy atom. The highest BCUT2D eigenvalue weighted by Gasteiger charge is 2.22. The zero-order chi connectivity index (χ0) is 22.3. The monoisotopic (exact) mass is 442 g/mol. The summed E-state index contributed by atoms with van der Waals surface area (Å²) in [7, 11) is 0. The number of rotatable bonds is 8. The van der Waals surface area contributed by atoms with Gasteiger partial charge in [0.05, 0.1) is 0 Å². The van der Waals surface area contributed by atoms with Gasteiger partial charge in [-0.15, -0.1) is 0 Å². The number of carbonyl (C=O) groups is 1. The summed E-state index contributed by atoms with van der Waals surface area (Å²) in [4.78, 5) is 26.4. The van der Waals surface area contributed by atoms with E-state index in [9.17, 15) is 9.18 Å². The minimum Gasteiger partial charge on any atom is -0.481 e. The van der Waals surface area contributed by atoms with Gasteiger partial charge >= 0.3 is 5.97 Å². The molecule has 0 amide bonds. The zero-order valence-electron chi connectivity index (χ0n) is 18.3. The Morgan fingerprint density at radius 2 is 1.97 bits per heavy atom. The Balaban J connectivity index is 1.30. The number of carboxylic acids is 1. The second-order valence-electron chi connectivity index (χ2n) is 8.50. The van der Waals surface area contributed by atoms with Crippen molar-refractivity contribution in [2.75, 3.05) is 60.9 Å². The van der Waals surface area contributed by atoms with Gasteiger partial charge in [-0.2, -0.15) is 0 Å². The van der Waals surface area contributed by atoms with Crippen LogP contribution in [0.4, 0.5) is 21.7 Å². The number of aromatic nitrogens is 2. The highest BCUT2D eigenvalue weighted by molar-refractivity contribution is 5.66. The van der Waals surface area contributed by atoms with Gasteiger partial charge in [0.2, 0.25) is 0 Å². The summed E-state index contributed by atoms with van der Waals surface area (Å²) in [6.07, 6.45) is 4.59. The van der Waals surface area contributed by atoms with Gasteiger partial charge in [0.25, 0.3) is 0 Å². The van der Waals surface area contributed by atoms with Crippen molar-refractivity contribution >= 4 is 23.3 Å². The minimum absolute atomic E-state index is 0.208. The molecule has 2 aromatic rings. The minimum atomic E-state index is -0.735. The van der Waals surface area contributed by atoms with Gasteiger partial charge in [-0.25, -0.2) is 14.4 Å². The Bertz CT molecular complexity index is 906. The molecule has 4 rings (SSSR count). The van der Waals surface area contributed by atoms with Crippen LogP contribution in [0.25, 0.3) is 0 Å². The molecule has 2 fully saturated rings. The van der Waals surface area contributed by atoms with Crippen molar-refractivity contribution in [3.63, 3.8) is 0 Å². The van der Waals surface area contributed by atoms with E-state index in [0.717, 1.165) is 76.0 Å². The molecule has 0 unspecified atom stereocenters. The van der Waals surface area contributed by atoms with Crippen LogP contribution in [0.2, 0.25) is 0 Å². The van der Waals surface area contributed by atoms with Crippen LogP contribution in [0.5, 0.6) is 0 Å². The van der Waals surface area contributed by atoms with E-state index >= 15 is 0 Å². The van der Waals surface area contributed by atoms with Crippen LogP contribution in [0.3, 0.4) is 0 Å². The summed E-state index contributed by atoms with van der Waals surface area (Å²) in [5.41, 5.74) is 0.918. The molecular weight excluding hydrogens is 411 g/mol. The van der Waals surface area contributed by atoms with Crippen molar-refractivity contribution in [3.8, 4) is 0 Å². The Labute approximate surface area is 188 Å². The van der Waals surface area contributed by atoms with E-state index in [4.69, 9.17) is 5.11 Å². The van der Waals surface area contributed by atoms with Crippen molar-refractivity contribution < 1.29 is 14.3 Å². The van der Waals surface area contributed by atoms with Crippen molar-refractivity contribution in [1.29, 1.82) is 0 Å². The highest BCUT2D eigenvalue weighted by Crippen LogP contribution is 2.23. The molecule has 8 nitrogen and oxygen atoms in total. The van der Waals surface area contributed by atoms with Crippen LogP contribution >= 0.6 is 0 Å². The molecule has 172 valence electrons. The first-order valence-corrected chi connectivity index (χ1v) is 11.3. The predicted molar refractivity (Wildman–Crippen MR) is 123 cm³/mol. The zero-order valence-corrected chi connectivity index (χ0v) is 18.3. The van der Waals surface area contributed by atoms with Crippen molar-refractivity contribution in [2.45, 2.75) is 31.7 Å². The Kier molecular flexibility index (Phi) is 7.36. The molecule has 2 N–H and O–H groups in total. The Hall–Kier alpha value is -2.94. The average molecular weight is 443 g/mol. The molecule has 1 aromatic heterocycles. The number of piperidine rings is 1. The molecule has 2 aliphatic heterocycles. The van der Waals surface area contributed by atoms with Crippen molar-refractivity contribution in [3.05, 3.63) is 42.5 Å². The quantitative estimate of drug-likeness (QED) is 0.646. The lowest BCUT2D eigenvalue weighted by atomic mass is 10.0. The first kappa shape index (κ1) is 22.3. The van der Waals surface area contributed by atoms with E-state index in [1.807, 2.05) is 12.1 Å². The third-order valence-corrected chi connectivity index (χ3v) is 6.16. The fraction of sp³-hybridized carbons (Fsp3) is 0.522. The molecule has 0 bridgehead atoms. The van der Waals surface area contributed by atoms with E-state index < -0.39 is 5.97 Å². The lowest BCUT2D eigenvalue weighted by Gasteiger charge is -2.36. The Morgan fingerprint density at radius 1 is 1.12 bits per heavy atom. The summed E-state index contributed by atoms with van der Waals surface area (Å²) in [6.45, 7) is 6.07. The number of piperazine rings is 1. The molecular formula is C23H31FN6O2. The largest absolute Gasteiger partial charge is 0.481 e. The summed E-state index contributed by atoms with van der Waals surface area (Å²) < 4.78 is 13.6. The maximum atomic E-state index is 13.6. The number of anilines is 3. The predicted octanol–water partition coefficient (Wildman–Crippen LogP) is 2.68. The first-order chi connectivity index (χ1) is 15.6. The van der Waals surface area contributed by atoms with Gasteiger partial charge in [-0.3, -0.25) is 9.69 Å². The molecule has 0 spiro atoms. The van der Waals surface area contributed by atoms with Crippen LogP contribution in [0, 0.1) is 5.82 Å². The molecule has 0 radical (unpaired) electrons. The summed E-state index contributed by atoms with van der Waals surface area (Å²) in [5.74, 6) is 0.775. The molecule has 3 heterocycles. The van der Waals surface area contributed by atoms with Crippen molar-refractivity contribution in [2.24, 2.45) is 0 Å². The van der Waals surface area contributed by atoms with Gasteiger partial charge in [-0.1, -0.05) is 6.07 Å². The number of carboxylic acid groups (broad SMARTS) is 1. The van der Waals surface area contributed by atoms with Crippen LogP contribution in [0.1, 0.15) is 25.7 Å². The topological polar surface area (TPSA) is 84.8 Å². The number of halogens is 1. The molecule has 0 aliphatic carbocycles. The van der Waals surface area contributed by atoms with Crippen molar-refractivity contribution in [1.82, 2.24) is 14.9 Å². The third-order valence-electron chi connectivity index (χ3n) is 6.16. The number of hydrogen-bond acceptors (Lipinski definition) is 7. The van der Waals surface area contributed by atoms with Gasteiger partial charge in [0, 0.05) is 63.5 Å². The lowest BCUT2D eigenvalue weighted by molar-refractivity contribution is -0.137. The maximum absolute atomic E-state index is 13.6. The second kappa shape index (κ2) is 10.6. The molecule has 32 heavy (non-hydrogen) atoms. The van der Waals surface area contributed by atoms with Crippen LogP contribution < -0.4 is 15.1 Å². The molecule has 9 heteroatoms. The van der Waals surface area contributed by atoms with Crippen LogP contribution in [-0.4, -0.2) is 77.8 Å². The fourth-order valence-corrected chi connectivity index (χ4v) is 4.46. The average Bonchev–Trinajstić information content (AvgIpc) is 2.80. The summed E-state index contributed by atoms with van der Waals surface area (Å²) in [6, 6.07) is 9.01. The first-order valence-electron chi connectivity index (χ1n) is 11.3.